The summed E-state index contributed by atoms with van der Waals surface area (Å²) in [5, 5.41) is 3.35. The minimum atomic E-state index is -0.260. The van der Waals surface area contributed by atoms with Gasteiger partial charge in [-0.05, 0) is 36.4 Å². The predicted molar refractivity (Wildman–Crippen MR) is 97.6 cm³/mol. The van der Waals surface area contributed by atoms with Crippen LogP contribution in [0.4, 0.5) is 0 Å². The molecule has 1 N–H and O–H groups in total. The number of carbonyl (C=O) groups is 1. The van der Waals surface area contributed by atoms with Gasteiger partial charge in [-0.2, -0.15) is 0 Å². The first-order valence-electron chi connectivity index (χ1n) is 8.64. The van der Waals surface area contributed by atoms with E-state index in [0.29, 0.717) is 6.61 Å². The standard InChI is InChI=1S/C21H27NO2/c1-17(2)20(21(23)24-16-19-12-7-4-8-13-19)22-15-9-14-18-10-5-3-6-11-18/h3-8,10-13,17,20,22H,9,14-16H2,1-2H3. The van der Waals surface area contributed by atoms with Gasteiger partial charge in [0.15, 0.2) is 0 Å². The molecule has 0 fully saturated rings. The van der Waals surface area contributed by atoms with Crippen LogP contribution in [0.25, 0.3) is 0 Å². The summed E-state index contributed by atoms with van der Waals surface area (Å²) in [6.45, 7) is 5.21. The number of hydrogen-bond acceptors (Lipinski definition) is 3. The third-order valence-electron chi connectivity index (χ3n) is 3.99. The Labute approximate surface area is 145 Å². The molecule has 0 saturated carbocycles. The highest BCUT2D eigenvalue weighted by atomic mass is 16.5. The molecule has 0 aliphatic heterocycles. The van der Waals surface area contributed by atoms with Gasteiger partial charge in [-0.15, -0.1) is 0 Å². The molecule has 2 aromatic rings. The highest BCUT2D eigenvalue weighted by Crippen LogP contribution is 2.08. The molecule has 128 valence electrons. The van der Waals surface area contributed by atoms with Gasteiger partial charge in [0, 0.05) is 0 Å². The van der Waals surface area contributed by atoms with Gasteiger partial charge < -0.3 is 10.1 Å². The monoisotopic (exact) mass is 325 g/mol. The quantitative estimate of drug-likeness (QED) is 0.560. The predicted octanol–water partition coefficient (Wildman–Crippen LogP) is 3.98. The van der Waals surface area contributed by atoms with E-state index in [-0.39, 0.29) is 17.9 Å². The van der Waals surface area contributed by atoms with Gasteiger partial charge in [-0.1, -0.05) is 74.5 Å². The molecule has 0 aromatic heterocycles. The number of benzene rings is 2. The topological polar surface area (TPSA) is 38.3 Å². The van der Waals surface area contributed by atoms with Crippen molar-refractivity contribution in [1.82, 2.24) is 5.32 Å². The Morgan fingerprint density at radius 3 is 2.12 bits per heavy atom. The maximum atomic E-state index is 12.3. The second-order valence-corrected chi connectivity index (χ2v) is 6.36. The van der Waals surface area contributed by atoms with Crippen molar-refractivity contribution in [1.29, 1.82) is 0 Å². The lowest BCUT2D eigenvalue weighted by Crippen LogP contribution is -2.42. The summed E-state index contributed by atoms with van der Waals surface area (Å²) in [7, 11) is 0. The lowest BCUT2D eigenvalue weighted by atomic mass is 10.0. The zero-order chi connectivity index (χ0) is 17.2. The fraction of sp³-hybridized carbons (Fsp3) is 0.381. The minimum Gasteiger partial charge on any atom is -0.460 e. The zero-order valence-electron chi connectivity index (χ0n) is 14.6. The number of nitrogens with one attached hydrogen (secondary N) is 1. The number of rotatable bonds is 9. The van der Waals surface area contributed by atoms with Crippen LogP contribution >= 0.6 is 0 Å². The molecular weight excluding hydrogens is 298 g/mol. The Morgan fingerprint density at radius 2 is 1.54 bits per heavy atom. The van der Waals surface area contributed by atoms with Gasteiger partial charge in [0.2, 0.25) is 0 Å². The van der Waals surface area contributed by atoms with Gasteiger partial charge >= 0.3 is 5.97 Å². The van der Waals surface area contributed by atoms with Crippen LogP contribution in [0.3, 0.4) is 0 Å². The molecular formula is C21H27NO2. The van der Waals surface area contributed by atoms with Crippen LogP contribution in [-0.4, -0.2) is 18.6 Å². The zero-order valence-corrected chi connectivity index (χ0v) is 14.6. The summed E-state index contributed by atoms with van der Waals surface area (Å²) in [5.74, 6) is 0.0264. The van der Waals surface area contributed by atoms with Gasteiger partial charge in [0.05, 0.1) is 0 Å². The van der Waals surface area contributed by atoms with E-state index in [4.69, 9.17) is 4.74 Å². The fourth-order valence-corrected chi connectivity index (χ4v) is 2.60. The first-order valence-corrected chi connectivity index (χ1v) is 8.64. The SMILES string of the molecule is CC(C)C(NCCCc1ccccc1)C(=O)OCc1ccccc1. The molecule has 1 unspecified atom stereocenters. The van der Waals surface area contributed by atoms with Crippen molar-refractivity contribution in [3.05, 3.63) is 71.8 Å². The molecule has 3 nitrogen and oxygen atoms in total. The van der Waals surface area contributed by atoms with E-state index < -0.39 is 0 Å². The summed E-state index contributed by atoms with van der Waals surface area (Å²) < 4.78 is 5.47. The Bertz CT molecular complexity index is 596. The average molecular weight is 325 g/mol. The molecule has 2 rings (SSSR count). The number of esters is 1. The van der Waals surface area contributed by atoms with Crippen molar-refractivity contribution < 1.29 is 9.53 Å². The molecule has 0 aliphatic rings. The molecule has 1 atom stereocenters. The van der Waals surface area contributed by atoms with Crippen molar-refractivity contribution in [3.63, 3.8) is 0 Å². The van der Waals surface area contributed by atoms with E-state index in [9.17, 15) is 4.79 Å². The Hall–Kier alpha value is -2.13. The van der Waals surface area contributed by atoms with Gasteiger partial charge in [0.1, 0.15) is 12.6 Å². The third kappa shape index (κ3) is 6.17. The fourth-order valence-electron chi connectivity index (χ4n) is 2.60. The summed E-state index contributed by atoms with van der Waals surface area (Å²) in [6.07, 6.45) is 2.01. The highest BCUT2D eigenvalue weighted by Gasteiger charge is 2.22. The van der Waals surface area contributed by atoms with Crippen LogP contribution in [0.1, 0.15) is 31.4 Å². The number of carbonyl (C=O) groups excluding carboxylic acids is 1. The van der Waals surface area contributed by atoms with Gasteiger partial charge in [0.25, 0.3) is 0 Å². The summed E-state index contributed by atoms with van der Waals surface area (Å²) in [5.41, 5.74) is 2.34. The van der Waals surface area contributed by atoms with Crippen molar-refractivity contribution in [2.75, 3.05) is 6.54 Å². The lowest BCUT2D eigenvalue weighted by molar-refractivity contribution is -0.148. The smallest absolute Gasteiger partial charge is 0.323 e. The first kappa shape index (κ1) is 18.2. The largest absolute Gasteiger partial charge is 0.460 e. The highest BCUT2D eigenvalue weighted by molar-refractivity contribution is 5.76. The molecule has 24 heavy (non-hydrogen) atoms. The van der Waals surface area contributed by atoms with E-state index in [1.807, 2.05) is 50.2 Å². The maximum absolute atomic E-state index is 12.3. The Balaban J connectivity index is 1.75. The van der Waals surface area contributed by atoms with Crippen molar-refractivity contribution in [2.24, 2.45) is 5.92 Å². The van der Waals surface area contributed by atoms with E-state index in [1.165, 1.54) is 5.56 Å². The van der Waals surface area contributed by atoms with E-state index in [1.54, 1.807) is 0 Å². The van der Waals surface area contributed by atoms with Crippen LogP contribution in [0.2, 0.25) is 0 Å². The van der Waals surface area contributed by atoms with Gasteiger partial charge in [-0.25, -0.2) is 0 Å². The van der Waals surface area contributed by atoms with Crippen molar-refractivity contribution in [3.8, 4) is 0 Å². The molecule has 0 saturated heterocycles. The molecule has 0 spiro atoms. The number of ether oxygens (including phenoxy) is 1. The van der Waals surface area contributed by atoms with Crippen LogP contribution in [-0.2, 0) is 22.6 Å². The number of aryl methyl sites for hydroxylation is 1. The second kappa shape index (κ2) is 9.89. The lowest BCUT2D eigenvalue weighted by Gasteiger charge is -2.21. The van der Waals surface area contributed by atoms with E-state index >= 15 is 0 Å². The van der Waals surface area contributed by atoms with E-state index in [2.05, 4.69) is 29.6 Å². The molecule has 2 aromatic carbocycles. The van der Waals surface area contributed by atoms with E-state index in [0.717, 1.165) is 24.9 Å². The van der Waals surface area contributed by atoms with Crippen LogP contribution in [0, 0.1) is 5.92 Å². The van der Waals surface area contributed by atoms with Crippen LogP contribution < -0.4 is 5.32 Å². The Kier molecular flexibility index (Phi) is 7.50. The molecule has 3 heteroatoms. The first-order chi connectivity index (χ1) is 11.7. The van der Waals surface area contributed by atoms with Crippen molar-refractivity contribution in [2.45, 2.75) is 39.3 Å². The maximum Gasteiger partial charge on any atom is 0.323 e. The summed E-state index contributed by atoms with van der Waals surface area (Å²) >= 11 is 0. The van der Waals surface area contributed by atoms with Crippen LogP contribution in [0.15, 0.2) is 60.7 Å². The molecule has 0 aliphatic carbocycles. The molecule has 0 bridgehead atoms. The molecule has 0 heterocycles. The third-order valence-corrected chi connectivity index (χ3v) is 3.99. The molecule has 0 radical (unpaired) electrons. The van der Waals surface area contributed by atoms with Gasteiger partial charge in [-0.3, -0.25) is 4.79 Å². The molecule has 0 amide bonds. The second-order valence-electron chi connectivity index (χ2n) is 6.36. The van der Waals surface area contributed by atoms with Crippen LogP contribution in [0.5, 0.6) is 0 Å². The number of hydrogen-bond donors (Lipinski definition) is 1. The average Bonchev–Trinajstić information content (AvgIpc) is 2.61. The normalized spacial score (nSPS) is 12.1. The summed E-state index contributed by atoms with van der Waals surface area (Å²) in [6, 6.07) is 19.9. The minimum absolute atomic E-state index is 0.173. The van der Waals surface area contributed by atoms with Crippen molar-refractivity contribution >= 4 is 5.97 Å². The Morgan fingerprint density at radius 1 is 0.958 bits per heavy atom. The summed E-state index contributed by atoms with van der Waals surface area (Å²) in [4.78, 5) is 12.3.